The number of rotatable bonds is 3. The van der Waals surface area contributed by atoms with Gasteiger partial charge in [-0.05, 0) is 25.1 Å². The van der Waals surface area contributed by atoms with E-state index in [1.807, 2.05) is 6.92 Å². The van der Waals surface area contributed by atoms with E-state index in [0.29, 0.717) is 22.2 Å². The largest absolute Gasteiger partial charge is 0.348 e. The summed E-state index contributed by atoms with van der Waals surface area (Å²) >= 11 is 11.5. The fraction of sp³-hybridized carbons (Fsp3) is 0.182. The van der Waals surface area contributed by atoms with E-state index in [1.54, 1.807) is 18.2 Å². The molecule has 0 heterocycles. The van der Waals surface area contributed by atoms with Crippen molar-refractivity contribution in [2.45, 2.75) is 6.92 Å². The standard InChI is InChI=1S/C11H11Cl2NO/c1-7(2)6-14-11(15)8-3-9(12)5-10(13)4-8/h3-5H,1,6H2,2H3,(H,14,15). The maximum absolute atomic E-state index is 11.6. The molecule has 2 nitrogen and oxygen atoms in total. The second-order valence-corrected chi connectivity index (χ2v) is 4.17. The molecule has 0 radical (unpaired) electrons. The molecular weight excluding hydrogens is 233 g/mol. The summed E-state index contributed by atoms with van der Waals surface area (Å²) in [7, 11) is 0. The summed E-state index contributed by atoms with van der Waals surface area (Å²) in [4.78, 5) is 11.6. The number of carbonyl (C=O) groups excluding carboxylic acids is 1. The van der Waals surface area contributed by atoms with E-state index in [2.05, 4.69) is 11.9 Å². The van der Waals surface area contributed by atoms with Gasteiger partial charge < -0.3 is 5.32 Å². The molecule has 0 atom stereocenters. The highest BCUT2D eigenvalue weighted by Crippen LogP contribution is 2.18. The minimum absolute atomic E-state index is 0.206. The molecule has 0 spiro atoms. The number of carbonyl (C=O) groups is 1. The van der Waals surface area contributed by atoms with Gasteiger partial charge in [0.05, 0.1) is 0 Å². The van der Waals surface area contributed by atoms with Gasteiger partial charge in [0.2, 0.25) is 0 Å². The molecule has 0 fully saturated rings. The Labute approximate surface area is 98.9 Å². The van der Waals surface area contributed by atoms with Crippen molar-refractivity contribution in [3.05, 3.63) is 46.0 Å². The number of halogens is 2. The van der Waals surface area contributed by atoms with Crippen LogP contribution in [0.5, 0.6) is 0 Å². The molecule has 1 N–H and O–H groups in total. The third kappa shape index (κ3) is 3.94. The van der Waals surface area contributed by atoms with Crippen LogP contribution in [0, 0.1) is 0 Å². The highest BCUT2D eigenvalue weighted by molar-refractivity contribution is 6.35. The molecule has 0 saturated carbocycles. The topological polar surface area (TPSA) is 29.1 Å². The first-order valence-electron chi connectivity index (χ1n) is 4.37. The number of hydrogen-bond acceptors (Lipinski definition) is 1. The first-order chi connectivity index (χ1) is 6.99. The quantitative estimate of drug-likeness (QED) is 0.812. The molecule has 80 valence electrons. The van der Waals surface area contributed by atoms with Crippen LogP contribution in [-0.4, -0.2) is 12.5 Å². The molecule has 1 aromatic carbocycles. The second-order valence-electron chi connectivity index (χ2n) is 3.30. The predicted molar refractivity (Wildman–Crippen MR) is 63.6 cm³/mol. The molecule has 1 amide bonds. The van der Waals surface area contributed by atoms with Crippen molar-refractivity contribution in [1.82, 2.24) is 5.32 Å². The fourth-order valence-electron chi connectivity index (χ4n) is 1.02. The highest BCUT2D eigenvalue weighted by atomic mass is 35.5. The summed E-state index contributed by atoms with van der Waals surface area (Å²) < 4.78 is 0. The van der Waals surface area contributed by atoms with Crippen LogP contribution in [0.25, 0.3) is 0 Å². The van der Waals surface area contributed by atoms with Gasteiger partial charge in [0.1, 0.15) is 0 Å². The van der Waals surface area contributed by atoms with Gasteiger partial charge in [0.15, 0.2) is 0 Å². The first kappa shape index (κ1) is 12.1. The minimum Gasteiger partial charge on any atom is -0.348 e. The van der Waals surface area contributed by atoms with Crippen LogP contribution in [0.3, 0.4) is 0 Å². The molecule has 0 saturated heterocycles. The van der Waals surface area contributed by atoms with Gasteiger partial charge in [-0.25, -0.2) is 0 Å². The summed E-state index contributed by atoms with van der Waals surface area (Å²) in [5, 5.41) is 3.59. The van der Waals surface area contributed by atoms with E-state index >= 15 is 0 Å². The van der Waals surface area contributed by atoms with Gasteiger partial charge in [-0.2, -0.15) is 0 Å². The lowest BCUT2D eigenvalue weighted by molar-refractivity contribution is 0.0957. The van der Waals surface area contributed by atoms with Gasteiger partial charge in [-0.1, -0.05) is 35.4 Å². The molecule has 0 unspecified atom stereocenters. The molecule has 4 heteroatoms. The zero-order valence-corrected chi connectivity index (χ0v) is 9.82. The third-order valence-electron chi connectivity index (χ3n) is 1.68. The van der Waals surface area contributed by atoms with Crippen LogP contribution >= 0.6 is 23.2 Å². The predicted octanol–water partition coefficient (Wildman–Crippen LogP) is 3.30. The minimum atomic E-state index is -0.206. The van der Waals surface area contributed by atoms with E-state index in [1.165, 1.54) is 0 Å². The van der Waals surface area contributed by atoms with Crippen LogP contribution in [0.15, 0.2) is 30.4 Å². The molecule has 0 aliphatic carbocycles. The number of hydrogen-bond donors (Lipinski definition) is 1. The molecule has 0 aromatic heterocycles. The first-order valence-corrected chi connectivity index (χ1v) is 5.13. The van der Waals surface area contributed by atoms with Crippen molar-refractivity contribution in [3.63, 3.8) is 0 Å². The maximum atomic E-state index is 11.6. The smallest absolute Gasteiger partial charge is 0.251 e. The zero-order chi connectivity index (χ0) is 11.4. The monoisotopic (exact) mass is 243 g/mol. The van der Waals surface area contributed by atoms with Crippen molar-refractivity contribution in [2.75, 3.05) is 6.54 Å². The Morgan fingerprint density at radius 2 is 1.87 bits per heavy atom. The lowest BCUT2D eigenvalue weighted by atomic mass is 10.2. The Kier molecular flexibility index (Phi) is 4.18. The summed E-state index contributed by atoms with van der Waals surface area (Å²) in [5.41, 5.74) is 1.34. The van der Waals surface area contributed by atoms with E-state index in [9.17, 15) is 4.79 Å². The molecule has 15 heavy (non-hydrogen) atoms. The molecule has 1 aromatic rings. The van der Waals surface area contributed by atoms with Crippen molar-refractivity contribution in [1.29, 1.82) is 0 Å². The van der Waals surface area contributed by atoms with E-state index in [-0.39, 0.29) is 5.91 Å². The molecule has 1 rings (SSSR count). The van der Waals surface area contributed by atoms with E-state index in [4.69, 9.17) is 23.2 Å². The van der Waals surface area contributed by atoms with Gasteiger partial charge in [0.25, 0.3) is 5.91 Å². The average molecular weight is 244 g/mol. The highest BCUT2D eigenvalue weighted by Gasteiger charge is 2.06. The van der Waals surface area contributed by atoms with Gasteiger partial charge in [-0.3, -0.25) is 4.79 Å². The SMILES string of the molecule is C=C(C)CNC(=O)c1cc(Cl)cc(Cl)c1. The Balaban J connectivity index is 2.77. The van der Waals surface area contributed by atoms with Crippen LogP contribution < -0.4 is 5.32 Å². The normalized spacial score (nSPS) is 9.80. The van der Waals surface area contributed by atoms with Crippen molar-refractivity contribution in [2.24, 2.45) is 0 Å². The van der Waals surface area contributed by atoms with Gasteiger partial charge in [-0.15, -0.1) is 0 Å². The van der Waals surface area contributed by atoms with Crippen LogP contribution in [0.2, 0.25) is 10.0 Å². The average Bonchev–Trinajstić information content (AvgIpc) is 2.12. The number of nitrogens with one attached hydrogen (secondary N) is 1. The summed E-state index contributed by atoms with van der Waals surface area (Å²) in [6.07, 6.45) is 0. The third-order valence-corrected chi connectivity index (χ3v) is 2.11. The molecule has 0 bridgehead atoms. The summed E-state index contributed by atoms with van der Waals surface area (Å²) in [6.45, 7) is 5.97. The van der Waals surface area contributed by atoms with Gasteiger partial charge in [0, 0.05) is 22.2 Å². The Morgan fingerprint density at radius 1 is 1.33 bits per heavy atom. The van der Waals surface area contributed by atoms with E-state index < -0.39 is 0 Å². The van der Waals surface area contributed by atoms with Crippen molar-refractivity contribution >= 4 is 29.1 Å². The lowest BCUT2D eigenvalue weighted by Gasteiger charge is -2.05. The van der Waals surface area contributed by atoms with Crippen molar-refractivity contribution < 1.29 is 4.79 Å². The van der Waals surface area contributed by atoms with Crippen molar-refractivity contribution in [3.8, 4) is 0 Å². The second kappa shape index (κ2) is 5.19. The summed E-state index contributed by atoms with van der Waals surface area (Å²) in [5.74, 6) is -0.206. The Bertz CT molecular complexity index is 381. The lowest BCUT2D eigenvalue weighted by Crippen LogP contribution is -2.24. The van der Waals surface area contributed by atoms with Crippen LogP contribution in [0.4, 0.5) is 0 Å². The number of benzene rings is 1. The zero-order valence-electron chi connectivity index (χ0n) is 8.31. The Hall–Kier alpha value is -0.990. The Morgan fingerprint density at radius 3 is 2.33 bits per heavy atom. The maximum Gasteiger partial charge on any atom is 0.251 e. The molecular formula is C11H11Cl2NO. The van der Waals surface area contributed by atoms with Crippen LogP contribution in [0.1, 0.15) is 17.3 Å². The number of amides is 1. The fourth-order valence-corrected chi connectivity index (χ4v) is 1.54. The molecule has 0 aliphatic rings. The summed E-state index contributed by atoms with van der Waals surface area (Å²) in [6, 6.07) is 4.72. The van der Waals surface area contributed by atoms with Gasteiger partial charge >= 0.3 is 0 Å². The van der Waals surface area contributed by atoms with E-state index in [0.717, 1.165) is 5.57 Å². The molecule has 0 aliphatic heterocycles. The van der Waals surface area contributed by atoms with Crippen LogP contribution in [-0.2, 0) is 0 Å².